The van der Waals surface area contributed by atoms with E-state index in [-0.39, 0.29) is 18.1 Å². The van der Waals surface area contributed by atoms with Crippen molar-refractivity contribution in [2.24, 2.45) is 0 Å². The molecule has 1 saturated heterocycles. The highest BCUT2D eigenvalue weighted by Crippen LogP contribution is 2.30. The Hall–Kier alpha value is -3.50. The number of carbonyl (C=O) groups excluding carboxylic acids is 1. The van der Waals surface area contributed by atoms with E-state index in [4.69, 9.17) is 9.47 Å². The van der Waals surface area contributed by atoms with Gasteiger partial charge >= 0.3 is 12.3 Å². The number of aromatic nitrogens is 3. The van der Waals surface area contributed by atoms with E-state index in [1.54, 1.807) is 23.1 Å². The predicted molar refractivity (Wildman–Crippen MR) is 119 cm³/mol. The highest BCUT2D eigenvalue weighted by Gasteiger charge is 2.30. The van der Waals surface area contributed by atoms with Crippen LogP contribution in [0, 0.1) is 0 Å². The molecule has 0 bridgehead atoms. The minimum Gasteiger partial charge on any atom is -0.472 e. The topological polar surface area (TPSA) is 81.0 Å². The maximum atomic E-state index is 12.8. The molecule has 2 aromatic heterocycles. The zero-order valence-corrected chi connectivity index (χ0v) is 19.1. The third-order valence-corrected chi connectivity index (χ3v) is 5.11. The number of anilines is 2. The highest BCUT2D eigenvalue weighted by molar-refractivity contribution is 5.68. The molecule has 1 aromatic carbocycles. The summed E-state index contributed by atoms with van der Waals surface area (Å²) in [5, 5.41) is 7.30. The number of amides is 1. The molecule has 3 heterocycles. The zero-order chi connectivity index (χ0) is 24.5. The molecule has 0 spiro atoms. The third kappa shape index (κ3) is 5.70. The Balaban J connectivity index is 1.46. The second kappa shape index (κ2) is 9.03. The Morgan fingerprint density at radius 3 is 2.53 bits per heavy atom. The van der Waals surface area contributed by atoms with Gasteiger partial charge in [0, 0.05) is 18.3 Å². The number of nitrogens with zero attached hydrogens (tertiary/aromatic N) is 4. The van der Waals surface area contributed by atoms with Gasteiger partial charge in [0.05, 0.1) is 12.1 Å². The summed E-state index contributed by atoms with van der Waals surface area (Å²) in [6, 6.07) is 9.88. The first kappa shape index (κ1) is 23.7. The van der Waals surface area contributed by atoms with Crippen molar-refractivity contribution >= 4 is 23.4 Å². The van der Waals surface area contributed by atoms with Crippen LogP contribution < -0.4 is 10.1 Å². The van der Waals surface area contributed by atoms with Crippen LogP contribution in [0.3, 0.4) is 0 Å². The molecule has 1 N–H and O–H groups in total. The molecule has 8 nitrogen and oxygen atoms in total. The number of alkyl halides is 3. The van der Waals surface area contributed by atoms with Gasteiger partial charge in [-0.05, 0) is 63.9 Å². The van der Waals surface area contributed by atoms with Crippen molar-refractivity contribution in [2.45, 2.75) is 51.5 Å². The van der Waals surface area contributed by atoms with Crippen molar-refractivity contribution in [3.05, 3.63) is 48.0 Å². The number of likely N-dealkylation sites (tertiary alicyclic amines) is 1. The number of benzene rings is 1. The lowest BCUT2D eigenvalue weighted by Gasteiger charge is -2.34. The quantitative estimate of drug-likeness (QED) is 0.552. The number of hydrogen-bond acceptors (Lipinski definition) is 6. The van der Waals surface area contributed by atoms with Crippen LogP contribution in [0.5, 0.6) is 5.88 Å². The van der Waals surface area contributed by atoms with E-state index in [1.165, 1.54) is 16.6 Å². The molecule has 1 amide bonds. The Morgan fingerprint density at radius 1 is 1.12 bits per heavy atom. The van der Waals surface area contributed by atoms with Crippen LogP contribution in [0.15, 0.2) is 42.5 Å². The highest BCUT2D eigenvalue weighted by atomic mass is 19.4. The van der Waals surface area contributed by atoms with E-state index in [1.807, 2.05) is 20.8 Å². The van der Waals surface area contributed by atoms with E-state index in [0.29, 0.717) is 30.3 Å². The maximum absolute atomic E-state index is 12.8. The van der Waals surface area contributed by atoms with E-state index in [9.17, 15) is 18.0 Å². The van der Waals surface area contributed by atoms with Crippen molar-refractivity contribution < 1.29 is 27.4 Å². The van der Waals surface area contributed by atoms with Gasteiger partial charge in [-0.2, -0.15) is 22.7 Å². The monoisotopic (exact) mass is 477 g/mol. The molecule has 1 fully saturated rings. The first-order chi connectivity index (χ1) is 16.0. The molecule has 4 rings (SSSR count). The summed E-state index contributed by atoms with van der Waals surface area (Å²) in [4.78, 5) is 18.4. The van der Waals surface area contributed by atoms with Crippen LogP contribution in [0.1, 0.15) is 39.2 Å². The van der Waals surface area contributed by atoms with E-state index in [0.717, 1.165) is 25.0 Å². The largest absolute Gasteiger partial charge is 0.472 e. The summed E-state index contributed by atoms with van der Waals surface area (Å²) in [5.74, 6) is 0.663. The van der Waals surface area contributed by atoms with Crippen molar-refractivity contribution in [2.75, 3.05) is 18.4 Å². The maximum Gasteiger partial charge on any atom is 0.416 e. The fraction of sp³-hybridized carbons (Fsp3) is 0.435. The number of halogens is 3. The molecular weight excluding hydrogens is 451 g/mol. The van der Waals surface area contributed by atoms with E-state index >= 15 is 0 Å². The Morgan fingerprint density at radius 2 is 1.85 bits per heavy atom. The van der Waals surface area contributed by atoms with Gasteiger partial charge in [0.15, 0.2) is 5.65 Å². The second-order valence-electron chi connectivity index (χ2n) is 9.08. The van der Waals surface area contributed by atoms with Gasteiger partial charge in [0.25, 0.3) is 0 Å². The fourth-order valence-corrected chi connectivity index (χ4v) is 3.59. The van der Waals surface area contributed by atoms with Crippen LogP contribution >= 0.6 is 0 Å². The number of pyridine rings is 1. The first-order valence-corrected chi connectivity index (χ1v) is 10.9. The van der Waals surface area contributed by atoms with Crippen LogP contribution in [0.25, 0.3) is 5.65 Å². The van der Waals surface area contributed by atoms with Gasteiger partial charge in [-0.3, -0.25) is 0 Å². The minimum absolute atomic E-state index is 0.217. The van der Waals surface area contributed by atoms with Gasteiger partial charge < -0.3 is 19.7 Å². The van der Waals surface area contributed by atoms with Crippen LogP contribution in [0.2, 0.25) is 0 Å². The van der Waals surface area contributed by atoms with Gasteiger partial charge in [-0.25, -0.2) is 4.79 Å². The van der Waals surface area contributed by atoms with Crippen molar-refractivity contribution in [1.29, 1.82) is 0 Å². The Bertz CT molecular complexity index is 1160. The average Bonchev–Trinajstić information content (AvgIpc) is 3.16. The minimum atomic E-state index is -4.40. The molecular formula is C23H26F3N5O3. The Kier molecular flexibility index (Phi) is 6.28. The number of carbonyl (C=O) groups is 1. The lowest BCUT2D eigenvalue weighted by molar-refractivity contribution is -0.137. The molecule has 0 radical (unpaired) electrons. The fourth-order valence-electron chi connectivity index (χ4n) is 3.59. The molecule has 0 aliphatic carbocycles. The van der Waals surface area contributed by atoms with E-state index in [2.05, 4.69) is 15.4 Å². The average molecular weight is 477 g/mol. The number of piperidine rings is 1. The standard InChI is InChI=1S/C23H26F3N5O3/c1-22(2,3)34-21(32)30-13-5-6-17(14-30)33-19-8-4-7-18-28-20(29-31(18)19)27-16-11-9-15(10-12-16)23(24,25)26/h4,7-12,17H,5-6,13-14H2,1-3H3,(H,27,29). The summed E-state index contributed by atoms with van der Waals surface area (Å²) >= 11 is 0. The van der Waals surface area contributed by atoms with Gasteiger partial charge in [-0.1, -0.05) is 6.07 Å². The summed E-state index contributed by atoms with van der Waals surface area (Å²) < 4.78 is 51.5. The summed E-state index contributed by atoms with van der Waals surface area (Å²) in [6.45, 7) is 6.46. The number of fused-ring (bicyclic) bond motifs is 1. The number of rotatable bonds is 4. The molecule has 1 unspecified atom stereocenters. The van der Waals surface area contributed by atoms with Crippen LogP contribution in [-0.2, 0) is 10.9 Å². The van der Waals surface area contributed by atoms with Crippen molar-refractivity contribution in [3.8, 4) is 5.88 Å². The number of hydrogen-bond donors (Lipinski definition) is 1. The molecule has 3 aromatic rings. The molecule has 1 aliphatic rings. The summed E-state index contributed by atoms with van der Waals surface area (Å²) in [6.07, 6.45) is -3.48. The van der Waals surface area contributed by atoms with E-state index < -0.39 is 17.3 Å². The third-order valence-electron chi connectivity index (χ3n) is 5.11. The molecule has 1 aliphatic heterocycles. The molecule has 34 heavy (non-hydrogen) atoms. The Labute approximate surface area is 194 Å². The molecule has 182 valence electrons. The summed E-state index contributed by atoms with van der Waals surface area (Å²) in [5.41, 5.74) is -0.379. The van der Waals surface area contributed by atoms with Gasteiger partial charge in [-0.15, -0.1) is 5.10 Å². The van der Waals surface area contributed by atoms with Gasteiger partial charge in [0.1, 0.15) is 11.7 Å². The smallest absolute Gasteiger partial charge is 0.416 e. The first-order valence-electron chi connectivity index (χ1n) is 10.9. The van der Waals surface area contributed by atoms with Crippen LogP contribution in [0.4, 0.5) is 29.6 Å². The van der Waals surface area contributed by atoms with Gasteiger partial charge in [0.2, 0.25) is 11.8 Å². The number of nitrogens with one attached hydrogen (secondary N) is 1. The van der Waals surface area contributed by atoms with Crippen molar-refractivity contribution in [1.82, 2.24) is 19.5 Å². The lowest BCUT2D eigenvalue weighted by Crippen LogP contribution is -2.46. The second-order valence-corrected chi connectivity index (χ2v) is 9.08. The summed E-state index contributed by atoms with van der Waals surface area (Å²) in [7, 11) is 0. The molecule has 11 heteroatoms. The predicted octanol–water partition coefficient (Wildman–Crippen LogP) is 5.27. The van der Waals surface area contributed by atoms with Crippen molar-refractivity contribution in [3.63, 3.8) is 0 Å². The number of ether oxygens (including phenoxy) is 2. The van der Waals surface area contributed by atoms with Crippen LogP contribution in [-0.4, -0.2) is 50.4 Å². The normalized spacial score (nSPS) is 17.0. The lowest BCUT2D eigenvalue weighted by atomic mass is 10.1. The zero-order valence-electron chi connectivity index (χ0n) is 19.1. The SMILES string of the molecule is CC(C)(C)OC(=O)N1CCCC(Oc2cccc3nc(Nc4ccc(C(F)(F)F)cc4)nn23)C1. The molecule has 0 saturated carbocycles. The molecule has 1 atom stereocenters.